The second kappa shape index (κ2) is 9.64. The number of nitrogens with two attached hydrogens (primary N) is 1. The molecule has 0 saturated heterocycles. The fourth-order valence-corrected chi connectivity index (χ4v) is 3.70. The van der Waals surface area contributed by atoms with E-state index in [-0.39, 0.29) is 34.5 Å². The lowest BCUT2D eigenvalue weighted by atomic mass is 9.94. The van der Waals surface area contributed by atoms with Crippen LogP contribution in [0.5, 0.6) is 23.0 Å². The number of carboxylic acid groups (broad SMARTS) is 1. The van der Waals surface area contributed by atoms with Gasteiger partial charge in [-0.2, -0.15) is 0 Å². The zero-order chi connectivity index (χ0) is 25.2. The van der Waals surface area contributed by atoms with Crippen LogP contribution in [0.15, 0.2) is 39.5 Å². The van der Waals surface area contributed by atoms with Crippen LogP contribution in [0.25, 0.3) is 11.0 Å². The number of aliphatic carboxylic acids is 1. The van der Waals surface area contributed by atoms with E-state index in [4.69, 9.17) is 25.1 Å². The van der Waals surface area contributed by atoms with Crippen molar-refractivity contribution in [3.8, 4) is 23.0 Å². The molecule has 0 amide bonds. The van der Waals surface area contributed by atoms with Crippen LogP contribution in [-0.4, -0.2) is 38.5 Å². The van der Waals surface area contributed by atoms with E-state index in [0.717, 1.165) is 6.42 Å². The molecule has 34 heavy (non-hydrogen) atoms. The van der Waals surface area contributed by atoms with Crippen molar-refractivity contribution in [3.63, 3.8) is 0 Å². The largest absolute Gasteiger partial charge is 0.507 e. The molecule has 1 aliphatic rings. The van der Waals surface area contributed by atoms with Crippen LogP contribution in [0.3, 0.4) is 0 Å². The molecular formula is C25H29NO8. The number of fused-ring (bicyclic) bond motifs is 2. The van der Waals surface area contributed by atoms with Gasteiger partial charge in [-0.05, 0) is 50.3 Å². The summed E-state index contributed by atoms with van der Waals surface area (Å²) in [4.78, 5) is 22.7. The monoisotopic (exact) mass is 471 g/mol. The van der Waals surface area contributed by atoms with E-state index < -0.39 is 11.5 Å². The average Bonchev–Trinajstić information content (AvgIpc) is 2.92. The van der Waals surface area contributed by atoms with Gasteiger partial charge in [0.1, 0.15) is 33.8 Å². The van der Waals surface area contributed by atoms with Gasteiger partial charge >= 0.3 is 5.97 Å². The SMILES string of the molecule is CC(N)(Cc1ccc(O)c(O)c1)C(=O)O.Cc1cc(=O)c2c(O)c3c(cc2o1)OCC(C)CC3. The molecule has 0 radical (unpaired) electrons. The van der Waals surface area contributed by atoms with Gasteiger partial charge < -0.3 is 35.3 Å². The predicted molar refractivity (Wildman–Crippen MR) is 126 cm³/mol. The lowest BCUT2D eigenvalue weighted by Gasteiger charge is -2.19. The van der Waals surface area contributed by atoms with Crippen LogP contribution >= 0.6 is 0 Å². The minimum Gasteiger partial charge on any atom is -0.507 e. The highest BCUT2D eigenvalue weighted by molar-refractivity contribution is 5.87. The molecule has 0 saturated carbocycles. The van der Waals surface area contributed by atoms with Gasteiger partial charge in [0, 0.05) is 24.1 Å². The van der Waals surface area contributed by atoms with Gasteiger partial charge in [0.05, 0.1) is 6.61 Å². The van der Waals surface area contributed by atoms with E-state index >= 15 is 0 Å². The average molecular weight is 472 g/mol. The molecular weight excluding hydrogens is 442 g/mol. The summed E-state index contributed by atoms with van der Waals surface area (Å²) >= 11 is 0. The molecule has 9 nitrogen and oxygen atoms in total. The normalized spacial score (nSPS) is 16.9. The first-order valence-electron chi connectivity index (χ1n) is 10.8. The zero-order valence-corrected chi connectivity index (χ0v) is 19.3. The van der Waals surface area contributed by atoms with Crippen LogP contribution < -0.4 is 15.9 Å². The number of hydrogen-bond donors (Lipinski definition) is 5. The fourth-order valence-electron chi connectivity index (χ4n) is 3.70. The van der Waals surface area contributed by atoms with Gasteiger partial charge in [0.2, 0.25) is 0 Å². The molecule has 0 bridgehead atoms. The molecule has 3 aromatic rings. The Morgan fingerprint density at radius 3 is 2.53 bits per heavy atom. The third-order valence-corrected chi connectivity index (χ3v) is 5.69. The van der Waals surface area contributed by atoms with Gasteiger partial charge in [0.25, 0.3) is 0 Å². The Labute approximate surface area is 196 Å². The van der Waals surface area contributed by atoms with E-state index in [1.807, 2.05) is 0 Å². The molecule has 1 aromatic heterocycles. The van der Waals surface area contributed by atoms with Gasteiger partial charge in [0.15, 0.2) is 16.9 Å². The number of benzene rings is 2. The molecule has 9 heteroatoms. The third kappa shape index (κ3) is 5.43. The summed E-state index contributed by atoms with van der Waals surface area (Å²) in [6, 6.07) is 7.22. The highest BCUT2D eigenvalue weighted by atomic mass is 16.5. The molecule has 4 rings (SSSR count). The van der Waals surface area contributed by atoms with Crippen LogP contribution in [0, 0.1) is 12.8 Å². The van der Waals surface area contributed by atoms with Gasteiger partial charge in [-0.3, -0.25) is 9.59 Å². The van der Waals surface area contributed by atoms with Crippen LogP contribution in [0.2, 0.25) is 0 Å². The predicted octanol–water partition coefficient (Wildman–Crippen LogP) is 3.21. The number of carboxylic acids is 1. The number of aryl methyl sites for hydroxylation is 1. The maximum absolute atomic E-state index is 12.0. The van der Waals surface area contributed by atoms with Gasteiger partial charge in [-0.25, -0.2) is 0 Å². The van der Waals surface area contributed by atoms with Crippen molar-refractivity contribution >= 4 is 16.9 Å². The summed E-state index contributed by atoms with van der Waals surface area (Å²) in [6.45, 7) is 5.83. The molecule has 182 valence electrons. The van der Waals surface area contributed by atoms with Crippen molar-refractivity contribution < 1.29 is 34.4 Å². The minimum absolute atomic E-state index is 0.00958. The van der Waals surface area contributed by atoms with E-state index in [1.165, 1.54) is 31.2 Å². The smallest absolute Gasteiger partial charge is 0.323 e. The maximum Gasteiger partial charge on any atom is 0.323 e. The quantitative estimate of drug-likeness (QED) is 0.361. The number of phenols is 3. The zero-order valence-electron chi connectivity index (χ0n) is 19.3. The lowest BCUT2D eigenvalue weighted by molar-refractivity contribution is -0.142. The second-order valence-electron chi connectivity index (χ2n) is 8.97. The molecule has 0 spiro atoms. The summed E-state index contributed by atoms with van der Waals surface area (Å²) < 4.78 is 11.2. The highest BCUT2D eigenvalue weighted by Gasteiger charge is 2.28. The standard InChI is InChI=1S/C15H16O4.C10H13NO4/c1-8-3-4-10-12(18-7-8)6-13-14(15(10)17)11(16)5-9(2)19-13;1-10(11,9(14)15)5-6-2-3-7(12)8(13)4-6/h5-6,8,17H,3-4,7H2,1-2H3;2-4,12-13H,5,11H2,1H3,(H,14,15). The summed E-state index contributed by atoms with van der Waals surface area (Å²) in [6.07, 6.45) is 1.73. The molecule has 0 fully saturated rings. The maximum atomic E-state index is 12.0. The Morgan fingerprint density at radius 2 is 1.88 bits per heavy atom. The number of phenolic OH excluding ortho intramolecular Hbond substituents is 3. The summed E-state index contributed by atoms with van der Waals surface area (Å²) in [7, 11) is 0. The highest BCUT2D eigenvalue weighted by Crippen LogP contribution is 2.38. The Morgan fingerprint density at radius 1 is 1.18 bits per heavy atom. The molecule has 1 aliphatic heterocycles. The first kappa shape index (κ1) is 24.9. The lowest BCUT2D eigenvalue weighted by Crippen LogP contribution is -2.46. The Bertz CT molecular complexity index is 1280. The third-order valence-electron chi connectivity index (χ3n) is 5.69. The van der Waals surface area contributed by atoms with Gasteiger partial charge in [-0.15, -0.1) is 0 Å². The van der Waals surface area contributed by atoms with Gasteiger partial charge in [-0.1, -0.05) is 13.0 Å². The fraction of sp³-hybridized carbons (Fsp3) is 0.360. The van der Waals surface area contributed by atoms with E-state index in [2.05, 4.69) is 6.92 Å². The molecule has 2 atom stereocenters. The first-order valence-corrected chi connectivity index (χ1v) is 10.8. The van der Waals surface area contributed by atoms with E-state index in [9.17, 15) is 19.8 Å². The first-order chi connectivity index (χ1) is 15.9. The van der Waals surface area contributed by atoms with Crippen molar-refractivity contribution in [2.75, 3.05) is 6.61 Å². The van der Waals surface area contributed by atoms with Crippen LogP contribution in [0.1, 0.15) is 37.2 Å². The molecule has 2 unspecified atom stereocenters. The topological polar surface area (TPSA) is 163 Å². The Kier molecular flexibility index (Phi) is 7.07. The van der Waals surface area contributed by atoms with E-state index in [1.54, 1.807) is 13.0 Å². The summed E-state index contributed by atoms with van der Waals surface area (Å²) in [5.74, 6) is -0.0471. The molecule has 0 aliphatic carbocycles. The second-order valence-corrected chi connectivity index (χ2v) is 8.97. The minimum atomic E-state index is -1.39. The number of hydrogen-bond acceptors (Lipinski definition) is 8. The molecule has 2 aromatic carbocycles. The summed E-state index contributed by atoms with van der Waals surface area (Å²) in [5.41, 5.74) is 5.59. The number of rotatable bonds is 3. The number of carbonyl (C=O) groups is 1. The molecule has 2 heterocycles. The van der Waals surface area contributed by atoms with Crippen LogP contribution in [0.4, 0.5) is 0 Å². The number of ether oxygens (including phenoxy) is 1. The molecule has 6 N–H and O–H groups in total. The van der Waals surface area contributed by atoms with Crippen molar-refractivity contribution in [2.45, 2.75) is 45.6 Å². The van der Waals surface area contributed by atoms with Crippen molar-refractivity contribution in [1.29, 1.82) is 0 Å². The Balaban J connectivity index is 0.000000197. The van der Waals surface area contributed by atoms with Crippen molar-refractivity contribution in [2.24, 2.45) is 11.7 Å². The Hall–Kier alpha value is -3.72. The number of aromatic hydroxyl groups is 3. The van der Waals surface area contributed by atoms with Crippen LogP contribution in [-0.2, 0) is 17.6 Å². The van der Waals surface area contributed by atoms with E-state index in [0.29, 0.717) is 47.2 Å². The van der Waals surface area contributed by atoms with Crippen molar-refractivity contribution in [1.82, 2.24) is 0 Å². The summed E-state index contributed by atoms with van der Waals surface area (Å²) in [5, 5.41) is 37.6. The van der Waals surface area contributed by atoms with Crippen molar-refractivity contribution in [3.05, 3.63) is 57.4 Å².